The van der Waals surface area contributed by atoms with Gasteiger partial charge in [-0.2, -0.15) is 0 Å². The minimum absolute atomic E-state index is 0.758. The van der Waals surface area contributed by atoms with Crippen LogP contribution in [0.25, 0.3) is 0 Å². The fraction of sp³-hybridized carbons (Fsp3) is 0.889. The van der Waals surface area contributed by atoms with Gasteiger partial charge in [0.25, 0.3) is 0 Å². The Morgan fingerprint density at radius 1 is 0.950 bits per heavy atom. The lowest BCUT2D eigenvalue weighted by atomic mass is 9.87. The van der Waals surface area contributed by atoms with Crippen LogP contribution in [0.5, 0.6) is 0 Å². The summed E-state index contributed by atoms with van der Waals surface area (Å²) < 4.78 is 0. The highest BCUT2D eigenvalue weighted by Crippen LogP contribution is 2.23. The van der Waals surface area contributed by atoms with Gasteiger partial charge < -0.3 is 9.80 Å². The summed E-state index contributed by atoms with van der Waals surface area (Å²) in [5.41, 5.74) is 1.64. The molecule has 0 saturated carbocycles. The topological polar surface area (TPSA) is 6.48 Å². The minimum atomic E-state index is 0.758. The van der Waals surface area contributed by atoms with Crippen LogP contribution in [0, 0.1) is 17.8 Å². The highest BCUT2D eigenvalue weighted by atomic mass is 15.1. The number of likely N-dealkylation sites (tertiary alicyclic amines) is 1. The lowest BCUT2D eigenvalue weighted by molar-refractivity contribution is 0.185. The second-order valence-corrected chi connectivity index (χ2v) is 7.33. The molecule has 1 saturated heterocycles. The summed E-state index contributed by atoms with van der Waals surface area (Å²) in [6.07, 6.45) is 6.46. The normalized spacial score (nSPS) is 22.7. The first kappa shape index (κ1) is 17.7. The molecule has 2 aliphatic heterocycles. The van der Waals surface area contributed by atoms with Crippen molar-refractivity contribution in [2.24, 2.45) is 17.8 Å². The van der Waals surface area contributed by atoms with Crippen molar-refractivity contribution in [1.82, 2.24) is 9.80 Å². The van der Waals surface area contributed by atoms with Gasteiger partial charge in [0.2, 0.25) is 0 Å². The van der Waals surface area contributed by atoms with E-state index >= 15 is 0 Å². The van der Waals surface area contributed by atoms with Gasteiger partial charge in [-0.25, -0.2) is 0 Å². The van der Waals surface area contributed by atoms with Crippen LogP contribution in [-0.4, -0.2) is 50.1 Å². The second-order valence-electron chi connectivity index (χ2n) is 7.33. The second kappa shape index (κ2) is 8.84. The van der Waals surface area contributed by atoms with Crippen molar-refractivity contribution in [2.45, 2.75) is 47.0 Å². The summed E-state index contributed by atoms with van der Waals surface area (Å²) in [4.78, 5) is 4.78. The van der Waals surface area contributed by atoms with Crippen LogP contribution >= 0.6 is 0 Å². The first-order valence-corrected chi connectivity index (χ1v) is 8.46. The Kier molecular flexibility index (Phi) is 7.83. The maximum atomic E-state index is 2.43. The monoisotopic (exact) mass is 280 g/mol. The van der Waals surface area contributed by atoms with Crippen molar-refractivity contribution < 1.29 is 0 Å². The molecule has 0 aromatic rings. The maximum absolute atomic E-state index is 2.43. The van der Waals surface area contributed by atoms with E-state index in [4.69, 9.17) is 0 Å². The van der Waals surface area contributed by atoms with Gasteiger partial charge in [0.05, 0.1) is 0 Å². The van der Waals surface area contributed by atoms with Crippen LogP contribution < -0.4 is 0 Å². The molecule has 20 heavy (non-hydrogen) atoms. The van der Waals surface area contributed by atoms with Gasteiger partial charge in [0.1, 0.15) is 0 Å². The third-order valence-electron chi connectivity index (χ3n) is 4.89. The van der Waals surface area contributed by atoms with Crippen LogP contribution in [0.2, 0.25) is 0 Å². The molecule has 0 aromatic heterocycles. The van der Waals surface area contributed by atoms with Crippen LogP contribution in [0.1, 0.15) is 47.0 Å². The van der Waals surface area contributed by atoms with Gasteiger partial charge in [-0.1, -0.05) is 39.3 Å². The summed E-state index contributed by atoms with van der Waals surface area (Å²) >= 11 is 0. The van der Waals surface area contributed by atoms with E-state index in [0.29, 0.717) is 0 Å². The molecule has 2 heteroatoms. The highest BCUT2D eigenvalue weighted by molar-refractivity contribution is 5.08. The number of rotatable bonds is 2. The minimum Gasteiger partial charge on any atom is -0.306 e. The standard InChI is InChI=1S/C9H19N.C9H17N/c2*1-8(2)9-4-6-10(3)7-5-9/h8-9H,4-7H2,1-3H3;4,8H,5-7H2,1-3H3. The summed E-state index contributed by atoms with van der Waals surface area (Å²) in [6, 6.07) is 0. The van der Waals surface area contributed by atoms with Crippen molar-refractivity contribution in [1.29, 1.82) is 0 Å². The SMILES string of the molecule is CC(C)C1=CCN(C)CC1.CC(C)C1CCN(C)CC1. The first-order valence-electron chi connectivity index (χ1n) is 8.46. The van der Waals surface area contributed by atoms with E-state index in [2.05, 4.69) is 57.7 Å². The Balaban J connectivity index is 0.000000200. The Hall–Kier alpha value is -0.340. The van der Waals surface area contributed by atoms with E-state index in [1.807, 2.05) is 0 Å². The largest absolute Gasteiger partial charge is 0.306 e. The van der Waals surface area contributed by atoms with Crippen molar-refractivity contribution in [2.75, 3.05) is 40.3 Å². The molecule has 0 atom stereocenters. The molecule has 0 spiro atoms. The van der Waals surface area contributed by atoms with E-state index in [9.17, 15) is 0 Å². The zero-order valence-corrected chi connectivity index (χ0v) is 14.7. The van der Waals surface area contributed by atoms with Gasteiger partial charge in [0, 0.05) is 13.1 Å². The van der Waals surface area contributed by atoms with E-state index in [0.717, 1.165) is 24.3 Å². The summed E-state index contributed by atoms with van der Waals surface area (Å²) in [6.45, 7) is 14.2. The van der Waals surface area contributed by atoms with Crippen molar-refractivity contribution in [3.63, 3.8) is 0 Å². The zero-order valence-electron chi connectivity index (χ0n) is 14.7. The first-order chi connectivity index (χ1) is 9.40. The predicted octanol–water partition coefficient (Wildman–Crippen LogP) is 3.89. The quantitative estimate of drug-likeness (QED) is 0.708. The number of nitrogens with zero attached hydrogens (tertiary/aromatic N) is 2. The Morgan fingerprint density at radius 2 is 1.55 bits per heavy atom. The van der Waals surface area contributed by atoms with Gasteiger partial charge in [0.15, 0.2) is 0 Å². The van der Waals surface area contributed by atoms with Crippen molar-refractivity contribution in [3.05, 3.63) is 11.6 Å². The van der Waals surface area contributed by atoms with Crippen molar-refractivity contribution in [3.8, 4) is 0 Å². The molecule has 0 aliphatic carbocycles. The maximum Gasteiger partial charge on any atom is 0.0163 e. The van der Waals surface area contributed by atoms with E-state index < -0.39 is 0 Å². The molecule has 2 rings (SSSR count). The number of hydrogen-bond donors (Lipinski definition) is 0. The summed E-state index contributed by atoms with van der Waals surface area (Å²) in [7, 11) is 4.39. The summed E-state index contributed by atoms with van der Waals surface area (Å²) in [5.74, 6) is 2.65. The number of hydrogen-bond acceptors (Lipinski definition) is 2. The molecule has 0 N–H and O–H groups in total. The molecule has 2 heterocycles. The average molecular weight is 281 g/mol. The lowest BCUT2D eigenvalue weighted by Gasteiger charge is -2.31. The van der Waals surface area contributed by atoms with Crippen LogP contribution in [0.3, 0.4) is 0 Å². The van der Waals surface area contributed by atoms with Crippen molar-refractivity contribution >= 4 is 0 Å². The molecule has 0 aromatic carbocycles. The molecule has 118 valence electrons. The molecular weight excluding hydrogens is 244 g/mol. The van der Waals surface area contributed by atoms with Crippen LogP contribution in [0.4, 0.5) is 0 Å². The molecular formula is C18H36N2. The Bertz CT molecular complexity index is 286. The predicted molar refractivity (Wildman–Crippen MR) is 90.1 cm³/mol. The van der Waals surface area contributed by atoms with Gasteiger partial charge >= 0.3 is 0 Å². The smallest absolute Gasteiger partial charge is 0.0163 e. The number of piperidine rings is 1. The molecule has 0 unspecified atom stereocenters. The third-order valence-corrected chi connectivity index (χ3v) is 4.89. The molecule has 0 bridgehead atoms. The Labute approximate surface area is 127 Å². The lowest BCUT2D eigenvalue weighted by Crippen LogP contribution is -2.32. The van der Waals surface area contributed by atoms with E-state index in [-0.39, 0.29) is 0 Å². The fourth-order valence-electron chi connectivity index (χ4n) is 3.01. The Morgan fingerprint density at radius 3 is 1.95 bits per heavy atom. The zero-order chi connectivity index (χ0) is 15.1. The highest BCUT2D eigenvalue weighted by Gasteiger charge is 2.18. The fourth-order valence-corrected chi connectivity index (χ4v) is 3.01. The van der Waals surface area contributed by atoms with Gasteiger partial charge in [-0.3, -0.25) is 0 Å². The van der Waals surface area contributed by atoms with E-state index in [1.165, 1.54) is 38.9 Å². The van der Waals surface area contributed by atoms with Gasteiger partial charge in [-0.15, -0.1) is 0 Å². The third kappa shape index (κ3) is 6.41. The van der Waals surface area contributed by atoms with E-state index in [1.54, 1.807) is 5.57 Å². The molecule has 0 amide bonds. The molecule has 0 radical (unpaired) electrons. The molecule has 2 aliphatic rings. The average Bonchev–Trinajstić information content (AvgIpc) is 2.40. The van der Waals surface area contributed by atoms with Crippen LogP contribution in [-0.2, 0) is 0 Å². The van der Waals surface area contributed by atoms with Gasteiger partial charge in [-0.05, 0) is 64.2 Å². The number of likely N-dealkylation sites (N-methyl/N-ethyl adjacent to an activating group) is 1. The molecule has 1 fully saturated rings. The molecule has 2 nitrogen and oxygen atoms in total. The summed E-state index contributed by atoms with van der Waals surface area (Å²) in [5, 5.41) is 0. The van der Waals surface area contributed by atoms with Crippen LogP contribution in [0.15, 0.2) is 11.6 Å².